The average Bonchev–Trinajstić information content (AvgIpc) is 3.16. The monoisotopic (exact) mass is 333 g/mol. The SMILES string of the molecule is O=C(O)CCCNC(=O)N1CCCC1c1nc2ccccc2s1. The van der Waals surface area contributed by atoms with E-state index in [-0.39, 0.29) is 18.5 Å². The molecule has 1 fully saturated rings. The van der Waals surface area contributed by atoms with Crippen LogP contribution in [0, 0.1) is 0 Å². The smallest absolute Gasteiger partial charge is 0.317 e. The number of aliphatic carboxylic acids is 1. The summed E-state index contributed by atoms with van der Waals surface area (Å²) in [6.45, 7) is 1.10. The van der Waals surface area contributed by atoms with Crippen LogP contribution in [0.15, 0.2) is 24.3 Å². The van der Waals surface area contributed by atoms with E-state index in [1.165, 1.54) is 0 Å². The summed E-state index contributed by atoms with van der Waals surface area (Å²) in [5.74, 6) is -0.840. The Kier molecular flexibility index (Phi) is 4.76. The molecule has 1 atom stereocenters. The van der Waals surface area contributed by atoms with E-state index >= 15 is 0 Å². The van der Waals surface area contributed by atoms with Gasteiger partial charge < -0.3 is 15.3 Å². The van der Waals surface area contributed by atoms with Gasteiger partial charge >= 0.3 is 12.0 Å². The van der Waals surface area contributed by atoms with Crippen molar-refractivity contribution >= 4 is 33.6 Å². The highest BCUT2D eigenvalue weighted by atomic mass is 32.1. The molecule has 23 heavy (non-hydrogen) atoms. The third kappa shape index (κ3) is 3.61. The number of likely N-dealkylation sites (tertiary alicyclic amines) is 1. The summed E-state index contributed by atoms with van der Waals surface area (Å²) in [6.07, 6.45) is 2.40. The summed E-state index contributed by atoms with van der Waals surface area (Å²) in [5, 5.41) is 12.4. The van der Waals surface area contributed by atoms with Gasteiger partial charge in [0.05, 0.1) is 16.3 Å². The Labute approximate surface area is 138 Å². The Bertz CT molecular complexity index is 682. The van der Waals surface area contributed by atoms with Gasteiger partial charge in [-0.05, 0) is 31.4 Å². The first-order valence-electron chi connectivity index (χ1n) is 7.77. The minimum absolute atomic E-state index is 0.0203. The van der Waals surface area contributed by atoms with Crippen LogP contribution < -0.4 is 5.32 Å². The van der Waals surface area contributed by atoms with Crippen LogP contribution in [-0.2, 0) is 4.79 Å². The van der Waals surface area contributed by atoms with Crippen molar-refractivity contribution < 1.29 is 14.7 Å². The lowest BCUT2D eigenvalue weighted by atomic mass is 10.2. The standard InChI is InChI=1S/C16H19N3O3S/c20-14(21)8-3-9-17-16(22)19-10-4-6-12(19)15-18-11-5-1-2-7-13(11)23-15/h1-2,5,7,12H,3-4,6,8-10H2,(H,17,22)(H,20,21). The van der Waals surface area contributed by atoms with Crippen molar-refractivity contribution in [3.8, 4) is 0 Å². The van der Waals surface area contributed by atoms with Crippen LogP contribution >= 0.6 is 11.3 Å². The first kappa shape index (κ1) is 15.7. The molecule has 1 unspecified atom stereocenters. The van der Waals surface area contributed by atoms with Crippen molar-refractivity contribution in [3.05, 3.63) is 29.3 Å². The van der Waals surface area contributed by atoms with Crippen LogP contribution in [0.3, 0.4) is 0 Å². The van der Waals surface area contributed by atoms with E-state index in [1.54, 1.807) is 11.3 Å². The number of aromatic nitrogens is 1. The maximum atomic E-state index is 12.3. The molecule has 1 aliphatic rings. The summed E-state index contributed by atoms with van der Waals surface area (Å²) < 4.78 is 1.14. The molecule has 6 nitrogen and oxygen atoms in total. The number of amides is 2. The molecule has 7 heteroatoms. The first-order valence-corrected chi connectivity index (χ1v) is 8.58. The van der Waals surface area contributed by atoms with Crippen LogP contribution in [0.5, 0.6) is 0 Å². The van der Waals surface area contributed by atoms with Gasteiger partial charge in [-0.15, -0.1) is 11.3 Å². The van der Waals surface area contributed by atoms with Crippen molar-refractivity contribution in [3.63, 3.8) is 0 Å². The number of hydrogen-bond acceptors (Lipinski definition) is 4. The number of carboxylic acids is 1. The minimum Gasteiger partial charge on any atom is -0.481 e. The molecule has 3 rings (SSSR count). The van der Waals surface area contributed by atoms with Crippen LogP contribution in [0.25, 0.3) is 10.2 Å². The van der Waals surface area contributed by atoms with Crippen LogP contribution in [0.1, 0.15) is 36.7 Å². The largest absolute Gasteiger partial charge is 0.481 e. The molecule has 0 radical (unpaired) electrons. The molecule has 2 heterocycles. The van der Waals surface area contributed by atoms with E-state index in [0.29, 0.717) is 19.5 Å². The molecule has 2 N–H and O–H groups in total. The van der Waals surface area contributed by atoms with Crippen molar-refractivity contribution in [2.24, 2.45) is 0 Å². The number of para-hydroxylation sites is 1. The van der Waals surface area contributed by atoms with Crippen molar-refractivity contribution in [1.29, 1.82) is 0 Å². The van der Waals surface area contributed by atoms with Crippen molar-refractivity contribution in [2.75, 3.05) is 13.1 Å². The Morgan fingerprint density at radius 3 is 3.00 bits per heavy atom. The molecule has 2 amide bonds. The summed E-state index contributed by atoms with van der Waals surface area (Å²) >= 11 is 1.64. The number of nitrogens with zero attached hydrogens (tertiary/aromatic N) is 2. The third-order valence-electron chi connectivity index (χ3n) is 3.95. The Balaban J connectivity index is 1.65. The number of nitrogens with one attached hydrogen (secondary N) is 1. The molecule has 1 aromatic carbocycles. The predicted molar refractivity (Wildman–Crippen MR) is 88.6 cm³/mol. The molecule has 0 saturated carbocycles. The summed E-state index contributed by atoms with van der Waals surface area (Å²) in [4.78, 5) is 29.3. The molecule has 1 aromatic heterocycles. The quantitative estimate of drug-likeness (QED) is 0.824. The highest BCUT2D eigenvalue weighted by molar-refractivity contribution is 7.18. The predicted octanol–water partition coefficient (Wildman–Crippen LogP) is 3.01. The summed E-state index contributed by atoms with van der Waals surface area (Å²) in [5.41, 5.74) is 0.973. The van der Waals surface area contributed by atoms with Gasteiger partial charge in [0.15, 0.2) is 0 Å². The molecule has 122 valence electrons. The second kappa shape index (κ2) is 6.95. The van der Waals surface area contributed by atoms with Gasteiger partial charge in [-0.3, -0.25) is 4.79 Å². The Morgan fingerprint density at radius 2 is 2.22 bits per heavy atom. The van der Waals surface area contributed by atoms with Crippen LogP contribution in [-0.4, -0.2) is 40.1 Å². The number of rotatable bonds is 5. The van der Waals surface area contributed by atoms with Crippen molar-refractivity contribution in [2.45, 2.75) is 31.7 Å². The van der Waals surface area contributed by atoms with E-state index in [2.05, 4.69) is 10.3 Å². The number of carbonyl (C=O) groups excluding carboxylic acids is 1. The van der Waals surface area contributed by atoms with E-state index in [9.17, 15) is 9.59 Å². The highest BCUT2D eigenvalue weighted by Crippen LogP contribution is 2.36. The molecular formula is C16H19N3O3S. The second-order valence-electron chi connectivity index (χ2n) is 5.60. The number of fused-ring (bicyclic) bond motifs is 1. The number of carbonyl (C=O) groups is 2. The maximum absolute atomic E-state index is 12.3. The van der Waals surface area contributed by atoms with Crippen LogP contribution in [0.4, 0.5) is 4.79 Å². The minimum atomic E-state index is -0.840. The fourth-order valence-electron chi connectivity index (χ4n) is 2.84. The molecule has 1 aliphatic heterocycles. The zero-order valence-corrected chi connectivity index (χ0v) is 13.5. The molecule has 0 bridgehead atoms. The van der Waals surface area contributed by atoms with E-state index in [1.807, 2.05) is 29.2 Å². The maximum Gasteiger partial charge on any atom is 0.317 e. The highest BCUT2D eigenvalue weighted by Gasteiger charge is 2.32. The normalized spacial score (nSPS) is 17.6. The molecule has 0 aliphatic carbocycles. The van der Waals surface area contributed by atoms with Gasteiger partial charge in [-0.2, -0.15) is 0 Å². The van der Waals surface area contributed by atoms with E-state index in [4.69, 9.17) is 5.11 Å². The lowest BCUT2D eigenvalue weighted by molar-refractivity contribution is -0.137. The number of benzene rings is 1. The summed E-state index contributed by atoms with van der Waals surface area (Å²) in [7, 11) is 0. The van der Waals surface area contributed by atoms with Crippen LogP contribution in [0.2, 0.25) is 0 Å². The molecule has 1 saturated heterocycles. The fourth-order valence-corrected chi connectivity index (χ4v) is 3.95. The van der Waals surface area contributed by atoms with Gasteiger partial charge in [0.25, 0.3) is 0 Å². The lowest BCUT2D eigenvalue weighted by Gasteiger charge is -2.23. The van der Waals surface area contributed by atoms with E-state index < -0.39 is 5.97 Å². The lowest BCUT2D eigenvalue weighted by Crippen LogP contribution is -2.39. The number of carboxylic acid groups (broad SMARTS) is 1. The zero-order valence-electron chi connectivity index (χ0n) is 12.7. The van der Waals surface area contributed by atoms with Gasteiger partial charge in [0, 0.05) is 19.5 Å². The first-order chi connectivity index (χ1) is 11.1. The van der Waals surface area contributed by atoms with Gasteiger partial charge in [-0.25, -0.2) is 9.78 Å². The topological polar surface area (TPSA) is 82.5 Å². The Morgan fingerprint density at radius 1 is 1.39 bits per heavy atom. The third-order valence-corrected chi connectivity index (χ3v) is 5.09. The number of urea groups is 1. The van der Waals surface area contributed by atoms with Gasteiger partial charge in [0.1, 0.15) is 5.01 Å². The number of hydrogen-bond donors (Lipinski definition) is 2. The zero-order chi connectivity index (χ0) is 16.2. The average molecular weight is 333 g/mol. The van der Waals surface area contributed by atoms with Crippen molar-refractivity contribution in [1.82, 2.24) is 15.2 Å². The molecule has 0 spiro atoms. The fraction of sp³-hybridized carbons (Fsp3) is 0.438. The van der Waals surface area contributed by atoms with Gasteiger partial charge in [0.2, 0.25) is 0 Å². The molecule has 2 aromatic rings. The second-order valence-corrected chi connectivity index (χ2v) is 6.66. The summed E-state index contributed by atoms with van der Waals surface area (Å²) in [6, 6.07) is 7.88. The number of thiazole rings is 1. The molecular weight excluding hydrogens is 314 g/mol. The Hall–Kier alpha value is -2.15. The van der Waals surface area contributed by atoms with Gasteiger partial charge in [-0.1, -0.05) is 12.1 Å². The van der Waals surface area contributed by atoms with E-state index in [0.717, 1.165) is 28.1 Å².